The number of nitrogens with zero attached hydrogens (tertiary/aromatic N) is 3. The normalized spacial score (nSPS) is 15.5. The molecule has 14 N–H and O–H groups in total. The average Bonchev–Trinajstić information content (AvgIpc) is 1.62. The third-order valence-corrected chi connectivity index (χ3v) is 25.8. The number of carbonyl (C=O) groups excluding carboxylic acids is 4. The molecule has 12 heterocycles. The van der Waals surface area contributed by atoms with E-state index < -0.39 is 17.9 Å². The second-order valence-corrected chi connectivity index (χ2v) is 32.9. The van der Waals surface area contributed by atoms with Crippen molar-refractivity contribution < 1.29 is 68.9 Å². The molecule has 9 aromatic rings. The summed E-state index contributed by atoms with van der Waals surface area (Å²) in [5, 5.41) is 60.5. The smallest absolute Gasteiger partial charge is 0.355 e. The number of carboxylic acid groups (broad SMARTS) is 2. The lowest BCUT2D eigenvalue weighted by atomic mass is 9.94. The van der Waals surface area contributed by atoms with E-state index in [1.165, 1.54) is 62.9 Å². The van der Waals surface area contributed by atoms with Crippen LogP contribution in [0.15, 0.2) is 96.2 Å². The molecule has 8 aromatic heterocycles. The fraction of sp³-hybridized carbons (Fsp3) is 0.422. The number of fused-ring (bicyclic) bond motifs is 7. The predicted molar refractivity (Wildman–Crippen MR) is 502 cm³/mol. The fourth-order valence-corrected chi connectivity index (χ4v) is 19.0. The molecule has 1 atom stereocenters. The van der Waals surface area contributed by atoms with Gasteiger partial charge in [-0.1, -0.05) is 85.7 Å². The molecule has 4 aliphatic heterocycles. The largest absolute Gasteiger partial charge is 0.477 e. The average molecular weight is 1730 g/mol. The number of carbonyl (C=O) groups is 6. The van der Waals surface area contributed by atoms with Gasteiger partial charge in [-0.05, 0) is 305 Å². The molecule has 127 heavy (non-hydrogen) atoms. The highest BCUT2D eigenvalue weighted by atomic mass is 16.5. The zero-order valence-corrected chi connectivity index (χ0v) is 77.5. The Morgan fingerprint density at radius 1 is 0.433 bits per heavy atom. The molecule has 4 aliphatic rings. The minimum Gasteiger partial charge on any atom is -0.477 e. The van der Waals surface area contributed by atoms with Gasteiger partial charge in [0.25, 0.3) is 0 Å². The topological polar surface area (TPSA) is 406 Å². The van der Waals surface area contributed by atoms with E-state index in [1.807, 2.05) is 58.0 Å². The van der Waals surface area contributed by atoms with Crippen LogP contribution in [0.4, 0.5) is 0 Å². The number of aromatic amines is 8. The Hall–Kier alpha value is -12.0. The summed E-state index contributed by atoms with van der Waals surface area (Å²) >= 11 is 0. The zero-order valence-electron chi connectivity index (χ0n) is 77.5. The van der Waals surface area contributed by atoms with Gasteiger partial charge in [-0.2, -0.15) is 0 Å². The van der Waals surface area contributed by atoms with Crippen LogP contribution < -0.4 is 10.7 Å². The van der Waals surface area contributed by atoms with Crippen LogP contribution in [0.5, 0.6) is 0 Å². The molecular weight excluding hydrogens is 1600 g/mol. The van der Waals surface area contributed by atoms with Gasteiger partial charge in [0.05, 0.1) is 53.1 Å². The number of nitrogens with one attached hydrogen (secondary N) is 8. The maximum Gasteiger partial charge on any atom is 0.355 e. The number of aryl methyl sites for hydroxylation is 1. The molecule has 13 rings (SSSR count). The quantitative estimate of drug-likeness (QED) is 0.0138. The predicted octanol–water partition coefficient (Wildman–Crippen LogP) is 15.7. The van der Waals surface area contributed by atoms with Crippen molar-refractivity contribution in [1.29, 1.82) is 0 Å². The first kappa shape index (κ1) is 97.2. The number of benzene rings is 1. The van der Waals surface area contributed by atoms with Crippen molar-refractivity contribution in [3.8, 4) is 0 Å². The lowest BCUT2D eigenvalue weighted by Crippen LogP contribution is -2.15. The van der Waals surface area contributed by atoms with E-state index in [9.17, 15) is 59.4 Å². The highest BCUT2D eigenvalue weighted by Crippen LogP contribution is 2.38. The number of carboxylic acids is 2. The highest BCUT2D eigenvalue weighted by molar-refractivity contribution is 6.25. The van der Waals surface area contributed by atoms with Crippen molar-refractivity contribution in [2.75, 3.05) is 33.5 Å². The molecule has 10 bridgehead atoms. The number of aromatic carboxylic acids is 2. The van der Waals surface area contributed by atoms with Crippen LogP contribution in [0.2, 0.25) is 0 Å². The molecule has 0 aliphatic carbocycles. The van der Waals surface area contributed by atoms with E-state index in [0.29, 0.717) is 79.6 Å². The van der Waals surface area contributed by atoms with Crippen LogP contribution in [0, 0.1) is 48.5 Å². The number of aldehydes is 2. The molecule has 25 heteroatoms. The van der Waals surface area contributed by atoms with E-state index in [-0.39, 0.29) is 62.9 Å². The van der Waals surface area contributed by atoms with Gasteiger partial charge in [0.1, 0.15) is 23.7 Å². The molecule has 0 spiro atoms. The molecule has 0 saturated carbocycles. The Morgan fingerprint density at radius 2 is 0.929 bits per heavy atom. The number of allylic oxidation sites excluding steroid dienone is 6. The lowest BCUT2D eigenvalue weighted by Gasteiger charge is -2.13. The summed E-state index contributed by atoms with van der Waals surface area (Å²) in [6, 6.07) is 9.47. The number of hydrogen-bond donors (Lipinski definition) is 14. The van der Waals surface area contributed by atoms with Crippen molar-refractivity contribution in [3.63, 3.8) is 0 Å². The zero-order chi connectivity index (χ0) is 92.5. The van der Waals surface area contributed by atoms with Gasteiger partial charge in [0.2, 0.25) is 0 Å². The van der Waals surface area contributed by atoms with Crippen molar-refractivity contribution in [2.45, 2.75) is 253 Å². The Balaban J connectivity index is 0.000000187. The fourth-order valence-electron chi connectivity index (χ4n) is 19.0. The molecule has 676 valence electrons. The number of aliphatic imine (C=N–C) groups is 3. The Bertz CT molecular complexity index is 5870. The first-order chi connectivity index (χ1) is 60.9. The summed E-state index contributed by atoms with van der Waals surface area (Å²) in [7, 11) is 1.37. The second-order valence-electron chi connectivity index (χ2n) is 32.9. The maximum absolute atomic E-state index is 12.3. The van der Waals surface area contributed by atoms with E-state index in [1.54, 1.807) is 13.8 Å². The number of aliphatic hydroxyl groups excluding tert-OH is 4. The van der Waals surface area contributed by atoms with Crippen molar-refractivity contribution in [2.24, 2.45) is 15.0 Å². The number of esters is 2. The third kappa shape index (κ3) is 21.1. The molecule has 1 unspecified atom stereocenters. The second kappa shape index (κ2) is 43.9. The summed E-state index contributed by atoms with van der Waals surface area (Å²) < 4.78 is 10.0. The van der Waals surface area contributed by atoms with Crippen LogP contribution in [-0.2, 0) is 111 Å². The summed E-state index contributed by atoms with van der Waals surface area (Å²) in [5.74, 6) is -2.72. The first-order valence-corrected chi connectivity index (χ1v) is 44.7. The Labute approximate surface area is 744 Å². The van der Waals surface area contributed by atoms with Gasteiger partial charge in [0.15, 0.2) is 12.6 Å². The molecule has 1 aromatic carbocycles. The number of hydrogen-bond acceptors (Lipinski definition) is 15. The van der Waals surface area contributed by atoms with E-state index >= 15 is 0 Å². The highest BCUT2D eigenvalue weighted by Gasteiger charge is 2.32. The van der Waals surface area contributed by atoms with E-state index in [0.717, 1.165) is 222 Å². The Morgan fingerprint density at radius 3 is 1.42 bits per heavy atom. The van der Waals surface area contributed by atoms with Gasteiger partial charge in [-0.15, -0.1) is 0 Å². The summed E-state index contributed by atoms with van der Waals surface area (Å²) in [5.41, 5.74) is 40.0. The van der Waals surface area contributed by atoms with Crippen molar-refractivity contribution in [1.82, 2.24) is 39.9 Å². The van der Waals surface area contributed by atoms with Crippen LogP contribution >= 0.6 is 0 Å². The monoisotopic (exact) mass is 1730 g/mol. The number of methoxy groups -OCH3 is 1. The van der Waals surface area contributed by atoms with Gasteiger partial charge in [-0.25, -0.2) is 24.4 Å². The SMILES string of the molecule is CCC1=C(C)/C2=C/C3=NC(Cc4[nH]c(c(CC)c4CC)/C=C4N=C(/C=c5\[nH]/c(c(CC)c5C)=C\C1=N2)C(C)=C\4CCO)C(CCO)=C3C.CCc1c(Cc2[nH]c(C(=O)O)c(C)c2CCO)[nH]c(Cc2[nH]c(C(=O)O)c(C)c2CCO)c1CC.CCc1c(Cc2[nH]c(C=O)c(C)c2CC)[nH]c(C=O)c1C.COC(=O)CCc1c(C)[nH]c(C(=O)OCc2ccccc2)c1C. The molecule has 0 saturated heterocycles. The minimum atomic E-state index is -1.03. The van der Waals surface area contributed by atoms with Crippen LogP contribution in [0.25, 0.3) is 18.2 Å². The first-order valence-electron chi connectivity index (χ1n) is 44.7. The molecule has 0 radical (unpaired) electrons. The standard InChI is InChI=1S/C41H51N5O2.C26H35N3O6.C18H21NO4.C17H22N2O2/c1-9-26-22(5)32-17-34-24(7)30(13-15-47)40(44-34)20-38-28(11-3)29(12-4)39(46-38)21-41-31(14-16-48)25(8)35(45-41)18-33-23(6)27(10-2)37(43-33)19-36(26)42-32;1-5-15-16(6-2)20(12-22-18(8-10-31)14(4)24(29-22)26(34)35)27-19(15)11-21-17(7-9-30)13(3)23(28-21)25(32)33;1-12-15(9-10-16(20)22-3)13(2)19-17(12)18(21)23-11-14-7-5-4-6-8-14;1-5-12-10(3)16(8-20)18-14(12)7-15-13(6-2)11(4)17(9-21)19-15/h17-20,41-42,46-48H,9-16,21H2,1-8H3;27-31H,5-12H2,1-4H3,(H,32,33)(H,34,35);4-8,19H,9-11H2,1-3H3;8-9,18-19H,5-7H2,1-4H3/b32-17-,33-18-,36-19-,40-20-;;;. The molecule has 0 amide bonds. The van der Waals surface area contributed by atoms with Gasteiger partial charge in [0, 0.05) is 120 Å². The van der Waals surface area contributed by atoms with Gasteiger partial charge < -0.3 is 80.0 Å². The number of aromatic nitrogens is 8. The van der Waals surface area contributed by atoms with E-state index in [4.69, 9.17) is 19.7 Å². The maximum atomic E-state index is 12.3. The Kier molecular flexibility index (Phi) is 33.6. The summed E-state index contributed by atoms with van der Waals surface area (Å²) in [4.78, 5) is 112. The lowest BCUT2D eigenvalue weighted by molar-refractivity contribution is -0.140. The van der Waals surface area contributed by atoms with Crippen LogP contribution in [-0.4, -0.2) is 164 Å². The van der Waals surface area contributed by atoms with Crippen LogP contribution in [0.1, 0.15) is 300 Å². The number of rotatable bonds is 32. The van der Waals surface area contributed by atoms with Crippen molar-refractivity contribution in [3.05, 3.63) is 266 Å². The number of ether oxygens (including phenoxy) is 2. The molecule has 0 fully saturated rings. The molecule has 25 nitrogen and oxygen atoms in total. The van der Waals surface area contributed by atoms with Crippen molar-refractivity contribution >= 4 is 71.8 Å². The number of H-pyrrole nitrogens is 8. The third-order valence-electron chi connectivity index (χ3n) is 25.8. The van der Waals surface area contributed by atoms with Crippen LogP contribution in [0.3, 0.4) is 0 Å². The van der Waals surface area contributed by atoms with E-state index in [2.05, 4.69) is 152 Å². The van der Waals surface area contributed by atoms with Gasteiger partial charge >= 0.3 is 23.9 Å². The number of aliphatic hydroxyl groups is 4. The molecular formula is C102H129N11O14. The minimum absolute atomic E-state index is 0.0553. The van der Waals surface area contributed by atoms with Gasteiger partial charge in [-0.3, -0.25) is 19.4 Å². The summed E-state index contributed by atoms with van der Waals surface area (Å²) in [6.07, 6.45) is 22.5. The summed E-state index contributed by atoms with van der Waals surface area (Å²) in [6.45, 7) is 37.2.